The summed E-state index contributed by atoms with van der Waals surface area (Å²) >= 11 is 0. The highest BCUT2D eigenvalue weighted by Gasteiger charge is 2.68. The van der Waals surface area contributed by atoms with Gasteiger partial charge in [-0.2, -0.15) is 0 Å². The van der Waals surface area contributed by atoms with E-state index in [0.29, 0.717) is 0 Å². The molecular weight excluding hydrogens is 397 g/mol. The van der Waals surface area contributed by atoms with Crippen molar-refractivity contribution in [2.75, 3.05) is 0 Å². The zero-order chi connectivity index (χ0) is 20.9. The normalized spacial score (nSPS) is 14.8. The van der Waals surface area contributed by atoms with Crippen LogP contribution in [0.5, 0.6) is 0 Å². The largest absolute Gasteiger partial charge is 0.462 e. The van der Waals surface area contributed by atoms with Crippen molar-refractivity contribution in [1.82, 2.24) is 0 Å². The van der Waals surface area contributed by atoms with E-state index in [-0.39, 0.29) is 0 Å². The molecule has 0 unspecified atom stereocenters. The molecule has 1 nitrogen and oxygen atoms in total. The van der Waals surface area contributed by atoms with Crippen molar-refractivity contribution in [3.8, 4) is 0 Å². The smallest absolute Gasteiger partial charge is 0.172 e. The summed E-state index contributed by atoms with van der Waals surface area (Å²) in [6, 6.07) is 5.84. The van der Waals surface area contributed by atoms with E-state index in [1.807, 2.05) is 0 Å². The first-order valence-electron chi connectivity index (χ1n) is 11.4. The molecule has 0 aromatic heterocycles. The zero-order valence-corrected chi connectivity index (χ0v) is 25.6. The van der Waals surface area contributed by atoms with E-state index in [2.05, 4.69) is 80.1 Å². The van der Waals surface area contributed by atoms with Gasteiger partial charge in [0.05, 0.1) is 22.8 Å². The van der Waals surface area contributed by atoms with Gasteiger partial charge in [0, 0.05) is 0 Å². The summed E-state index contributed by atoms with van der Waals surface area (Å²) in [5, 5.41) is 0. The van der Waals surface area contributed by atoms with E-state index in [0.717, 1.165) is 0 Å². The summed E-state index contributed by atoms with van der Waals surface area (Å²) in [5.41, 5.74) is 0. The van der Waals surface area contributed by atoms with Gasteiger partial charge >= 0.3 is 0 Å². The minimum absolute atomic E-state index is 1.30. The monoisotopic (exact) mass is 448 g/mol. The van der Waals surface area contributed by atoms with Crippen LogP contribution in [0.1, 0.15) is 53.4 Å². The molecule has 0 spiro atoms. The molecule has 0 bridgehead atoms. The standard InChI is InChI=1S/C20H52OSi5/c1-13-17-22(5,6)21-26(23(7,8)18-14-2,24(9,10)19-15-3)25(11,12)20-16-4/h13-20H2,1-12H3. The Bertz CT molecular complexity index is 373. The van der Waals surface area contributed by atoms with E-state index >= 15 is 0 Å². The Morgan fingerprint density at radius 2 is 0.731 bits per heavy atom. The fraction of sp³-hybridized carbons (Fsp3) is 1.00. The molecule has 0 aliphatic heterocycles. The van der Waals surface area contributed by atoms with Gasteiger partial charge in [-0.25, -0.2) is 0 Å². The molecule has 0 fully saturated rings. The Hall–Kier alpha value is 1.04. The SMILES string of the molecule is CCC[Si](C)(C)O[Si]([Si](C)(C)CCC)([Si](C)(C)CCC)[Si](C)(C)CCC. The molecule has 0 aliphatic carbocycles. The van der Waals surface area contributed by atoms with E-state index in [4.69, 9.17) is 4.12 Å². The predicted octanol–water partition coefficient (Wildman–Crippen LogP) is 8.15. The van der Waals surface area contributed by atoms with Gasteiger partial charge in [0.25, 0.3) is 0 Å². The average Bonchev–Trinajstić information content (AvgIpc) is 2.43. The molecule has 0 aliphatic rings. The van der Waals surface area contributed by atoms with Gasteiger partial charge in [-0.15, -0.1) is 0 Å². The van der Waals surface area contributed by atoms with Crippen LogP contribution in [0.4, 0.5) is 0 Å². The first kappa shape index (κ1) is 27.0. The van der Waals surface area contributed by atoms with E-state index in [1.165, 1.54) is 49.9 Å². The Morgan fingerprint density at radius 3 is 0.962 bits per heavy atom. The lowest BCUT2D eigenvalue weighted by molar-refractivity contribution is 0.572. The number of hydrogen-bond acceptors (Lipinski definition) is 1. The fourth-order valence-electron chi connectivity index (χ4n) is 6.63. The summed E-state index contributed by atoms with van der Waals surface area (Å²) in [4.78, 5) is 0. The molecule has 0 saturated heterocycles. The van der Waals surface area contributed by atoms with E-state index < -0.39 is 38.0 Å². The Labute approximate surface area is 171 Å². The van der Waals surface area contributed by atoms with Crippen LogP contribution in [0.25, 0.3) is 0 Å². The van der Waals surface area contributed by atoms with Gasteiger partial charge in [-0.1, -0.05) is 111 Å². The second kappa shape index (κ2) is 10.2. The van der Waals surface area contributed by atoms with Crippen LogP contribution in [0.2, 0.25) is 76.6 Å². The van der Waals surface area contributed by atoms with Gasteiger partial charge in [-0.05, 0) is 19.1 Å². The van der Waals surface area contributed by atoms with Crippen LogP contribution in [0.3, 0.4) is 0 Å². The molecule has 0 heterocycles. The van der Waals surface area contributed by atoms with Gasteiger partial charge in [0.2, 0.25) is 0 Å². The fourth-order valence-corrected chi connectivity index (χ4v) is 118. The number of rotatable bonds is 13. The molecule has 0 aromatic rings. The highest BCUT2D eigenvalue weighted by atomic mass is 29.9. The van der Waals surface area contributed by atoms with E-state index in [9.17, 15) is 0 Å². The third kappa shape index (κ3) is 5.78. The lowest BCUT2D eigenvalue weighted by Gasteiger charge is -2.62. The zero-order valence-electron chi connectivity index (χ0n) is 20.6. The molecule has 0 atom stereocenters. The van der Waals surface area contributed by atoms with Gasteiger partial charge in [0.15, 0.2) is 8.32 Å². The van der Waals surface area contributed by atoms with Crippen LogP contribution >= 0.6 is 0 Å². The maximum Gasteiger partial charge on any atom is 0.172 e. The first-order valence-corrected chi connectivity index (χ1v) is 29.0. The van der Waals surface area contributed by atoms with Crippen molar-refractivity contribution < 1.29 is 4.12 Å². The molecule has 0 N–H and O–H groups in total. The summed E-state index contributed by atoms with van der Waals surface area (Å²) in [5.74, 6) is 0. The summed E-state index contributed by atoms with van der Waals surface area (Å²) in [7, 11) is -5.77. The molecule has 0 saturated carbocycles. The van der Waals surface area contributed by atoms with Crippen LogP contribution in [0.15, 0.2) is 0 Å². The van der Waals surface area contributed by atoms with E-state index in [1.54, 1.807) is 0 Å². The molecule has 0 amide bonds. The summed E-state index contributed by atoms with van der Waals surface area (Å²) in [6.07, 6.45) is 5.38. The second-order valence-electron chi connectivity index (χ2n) is 11.2. The average molecular weight is 449 g/mol. The Kier molecular flexibility index (Phi) is 10.6. The van der Waals surface area contributed by atoms with Crippen LogP contribution in [0, 0.1) is 0 Å². The minimum Gasteiger partial charge on any atom is -0.462 e. The molecular formula is C20H52OSi5. The summed E-state index contributed by atoms with van der Waals surface area (Å²) in [6.45, 7) is 29.6. The van der Waals surface area contributed by atoms with Crippen molar-refractivity contribution >= 4 is 38.0 Å². The van der Waals surface area contributed by atoms with Crippen molar-refractivity contribution in [3.05, 3.63) is 0 Å². The highest BCUT2D eigenvalue weighted by molar-refractivity contribution is 7.88. The quantitative estimate of drug-likeness (QED) is 0.258. The molecule has 26 heavy (non-hydrogen) atoms. The van der Waals surface area contributed by atoms with Gasteiger partial charge in [-0.3, -0.25) is 0 Å². The molecule has 0 aromatic carbocycles. The van der Waals surface area contributed by atoms with Crippen LogP contribution in [-0.2, 0) is 4.12 Å². The van der Waals surface area contributed by atoms with Crippen LogP contribution in [-0.4, -0.2) is 38.0 Å². The number of hydrogen-bond donors (Lipinski definition) is 0. The maximum atomic E-state index is 7.88. The predicted molar refractivity (Wildman–Crippen MR) is 137 cm³/mol. The molecule has 0 rings (SSSR count). The van der Waals surface area contributed by atoms with Crippen molar-refractivity contribution in [3.63, 3.8) is 0 Å². The van der Waals surface area contributed by atoms with Gasteiger partial charge in [0.1, 0.15) is 6.87 Å². The van der Waals surface area contributed by atoms with Gasteiger partial charge < -0.3 is 4.12 Å². The highest BCUT2D eigenvalue weighted by Crippen LogP contribution is 2.46. The first-order chi connectivity index (χ1) is 11.7. The lowest BCUT2D eigenvalue weighted by atomic mass is 10.6. The topological polar surface area (TPSA) is 9.23 Å². The van der Waals surface area contributed by atoms with Crippen LogP contribution < -0.4 is 0 Å². The van der Waals surface area contributed by atoms with Crippen molar-refractivity contribution in [2.24, 2.45) is 0 Å². The van der Waals surface area contributed by atoms with Crippen molar-refractivity contribution in [1.29, 1.82) is 0 Å². The Balaban J connectivity index is 6.73. The maximum absolute atomic E-state index is 7.88. The Morgan fingerprint density at radius 1 is 0.462 bits per heavy atom. The molecule has 6 heteroatoms. The second-order valence-corrected chi connectivity index (χ2v) is 53.2. The summed E-state index contributed by atoms with van der Waals surface area (Å²) < 4.78 is 7.88. The molecule has 158 valence electrons. The molecule has 0 radical (unpaired) electrons. The lowest BCUT2D eigenvalue weighted by Crippen LogP contribution is -2.87. The third-order valence-corrected chi connectivity index (χ3v) is 81.6. The van der Waals surface area contributed by atoms with Crippen molar-refractivity contribution in [2.45, 2.75) is 130 Å². The third-order valence-electron chi connectivity index (χ3n) is 6.77. The minimum atomic E-state index is -1.74.